The summed E-state index contributed by atoms with van der Waals surface area (Å²) in [5.74, 6) is 0.784. The molecule has 0 aromatic heterocycles. The Morgan fingerprint density at radius 3 is 2.65 bits per heavy atom. The number of hydrogen-bond donors (Lipinski definition) is 1. The summed E-state index contributed by atoms with van der Waals surface area (Å²) in [6.45, 7) is 9.92. The third-order valence-electron chi connectivity index (χ3n) is 7.84. The summed E-state index contributed by atoms with van der Waals surface area (Å²) in [6.07, 6.45) is 3.35. The first-order valence-corrected chi connectivity index (χ1v) is 13.1. The third-order valence-corrected chi connectivity index (χ3v) is 7.84. The number of carbonyl (C=O) groups excluding carboxylic acids is 1. The Hall–Kier alpha value is -1.99. The van der Waals surface area contributed by atoms with Crippen molar-refractivity contribution >= 4 is 16.7 Å². The van der Waals surface area contributed by atoms with Crippen LogP contribution in [-0.4, -0.2) is 92.7 Å². The number of benzene rings is 2. The number of likely N-dealkylation sites (N-methyl/N-ethyl adjacent to an activating group) is 1. The SMILES string of the molecule is CN1CCN(C[C@H]2C[C@@H](C(=O)NC[C@H]3CCCO3)CN(Cc3ccc4ccccc4c3)C2)CC1. The molecule has 3 atom stereocenters. The first-order chi connectivity index (χ1) is 16.6. The number of nitrogens with zero attached hydrogens (tertiary/aromatic N) is 3. The van der Waals surface area contributed by atoms with Gasteiger partial charge in [-0.3, -0.25) is 9.69 Å². The zero-order valence-corrected chi connectivity index (χ0v) is 20.6. The molecule has 0 aliphatic carbocycles. The molecule has 5 rings (SSSR count). The van der Waals surface area contributed by atoms with Crippen LogP contribution in [0.2, 0.25) is 0 Å². The lowest BCUT2D eigenvalue weighted by Gasteiger charge is -2.41. The largest absolute Gasteiger partial charge is 0.376 e. The average Bonchev–Trinajstić information content (AvgIpc) is 3.37. The van der Waals surface area contributed by atoms with Crippen LogP contribution in [0, 0.1) is 11.8 Å². The summed E-state index contributed by atoms with van der Waals surface area (Å²) in [6, 6.07) is 15.3. The predicted octanol–water partition coefficient (Wildman–Crippen LogP) is 2.82. The second-order valence-electron chi connectivity index (χ2n) is 10.7. The summed E-state index contributed by atoms with van der Waals surface area (Å²) in [4.78, 5) is 20.7. The van der Waals surface area contributed by atoms with Crippen LogP contribution in [0.5, 0.6) is 0 Å². The van der Waals surface area contributed by atoms with Crippen molar-refractivity contribution in [2.45, 2.75) is 31.9 Å². The number of piperazine rings is 1. The molecule has 34 heavy (non-hydrogen) atoms. The highest BCUT2D eigenvalue weighted by molar-refractivity contribution is 5.83. The minimum Gasteiger partial charge on any atom is -0.376 e. The highest BCUT2D eigenvalue weighted by Crippen LogP contribution is 2.26. The summed E-state index contributed by atoms with van der Waals surface area (Å²) >= 11 is 0. The Kier molecular flexibility index (Phi) is 7.80. The Morgan fingerprint density at radius 1 is 1.03 bits per heavy atom. The number of hydrogen-bond acceptors (Lipinski definition) is 5. The van der Waals surface area contributed by atoms with Crippen LogP contribution < -0.4 is 5.32 Å². The summed E-state index contributed by atoms with van der Waals surface area (Å²) in [5, 5.41) is 5.79. The zero-order chi connectivity index (χ0) is 23.3. The molecule has 0 unspecified atom stereocenters. The van der Waals surface area contributed by atoms with Gasteiger partial charge < -0.3 is 19.9 Å². The topological polar surface area (TPSA) is 48.1 Å². The minimum absolute atomic E-state index is 0.0491. The molecule has 3 aliphatic rings. The summed E-state index contributed by atoms with van der Waals surface area (Å²) in [5.41, 5.74) is 1.33. The number of ether oxygens (including phenoxy) is 1. The van der Waals surface area contributed by atoms with E-state index < -0.39 is 0 Å². The standard InChI is InChI=1S/C28H40N4O2/c1-30-10-12-31(13-11-30)19-23-16-26(28(33)29-17-27-7-4-14-34-27)21-32(20-23)18-22-8-9-24-5-2-3-6-25(24)15-22/h2-3,5-6,8-9,15,23,26-27H,4,7,10-14,16-21H2,1H3,(H,29,33)/t23-,26-,27-/m1/s1. The van der Waals surface area contributed by atoms with Crippen LogP contribution in [0.15, 0.2) is 42.5 Å². The smallest absolute Gasteiger partial charge is 0.224 e. The van der Waals surface area contributed by atoms with E-state index in [2.05, 4.69) is 69.5 Å². The maximum absolute atomic E-state index is 13.2. The quantitative estimate of drug-likeness (QED) is 0.683. The van der Waals surface area contributed by atoms with Gasteiger partial charge in [0.15, 0.2) is 0 Å². The van der Waals surface area contributed by atoms with Crippen LogP contribution in [0.3, 0.4) is 0 Å². The number of carbonyl (C=O) groups is 1. The molecule has 184 valence electrons. The van der Waals surface area contributed by atoms with Gasteiger partial charge in [0.1, 0.15) is 0 Å². The molecular formula is C28H40N4O2. The minimum atomic E-state index is 0.0491. The molecule has 0 spiro atoms. The van der Waals surface area contributed by atoms with Gasteiger partial charge in [0, 0.05) is 65.5 Å². The fourth-order valence-corrected chi connectivity index (χ4v) is 5.91. The van der Waals surface area contributed by atoms with Gasteiger partial charge in [-0.2, -0.15) is 0 Å². The molecule has 3 saturated heterocycles. The van der Waals surface area contributed by atoms with Crippen LogP contribution in [0.1, 0.15) is 24.8 Å². The van der Waals surface area contributed by atoms with Crippen LogP contribution in [0.4, 0.5) is 0 Å². The van der Waals surface area contributed by atoms with Crippen molar-refractivity contribution in [1.82, 2.24) is 20.0 Å². The van der Waals surface area contributed by atoms with E-state index in [1.807, 2.05) is 0 Å². The van der Waals surface area contributed by atoms with Gasteiger partial charge in [-0.05, 0) is 54.6 Å². The molecule has 0 bridgehead atoms. The van der Waals surface area contributed by atoms with Crippen molar-refractivity contribution in [2.24, 2.45) is 11.8 Å². The molecule has 2 aromatic rings. The number of amides is 1. The fourth-order valence-electron chi connectivity index (χ4n) is 5.91. The van der Waals surface area contributed by atoms with Gasteiger partial charge in [0.2, 0.25) is 5.91 Å². The maximum Gasteiger partial charge on any atom is 0.224 e. The van der Waals surface area contributed by atoms with E-state index in [9.17, 15) is 4.79 Å². The first kappa shape index (κ1) is 23.7. The third kappa shape index (κ3) is 6.16. The molecule has 1 amide bonds. The highest BCUT2D eigenvalue weighted by Gasteiger charge is 2.33. The molecule has 3 heterocycles. The van der Waals surface area contributed by atoms with Gasteiger partial charge >= 0.3 is 0 Å². The van der Waals surface area contributed by atoms with E-state index in [4.69, 9.17) is 4.74 Å². The first-order valence-electron chi connectivity index (χ1n) is 13.1. The van der Waals surface area contributed by atoms with E-state index in [0.717, 1.165) is 78.2 Å². The van der Waals surface area contributed by atoms with Crippen molar-refractivity contribution in [3.63, 3.8) is 0 Å². The van der Waals surface area contributed by atoms with Crippen molar-refractivity contribution in [3.05, 3.63) is 48.0 Å². The molecule has 0 radical (unpaired) electrons. The molecule has 6 heteroatoms. The number of piperidine rings is 1. The van der Waals surface area contributed by atoms with Crippen molar-refractivity contribution in [1.29, 1.82) is 0 Å². The second-order valence-corrected chi connectivity index (χ2v) is 10.7. The Morgan fingerprint density at radius 2 is 1.85 bits per heavy atom. The average molecular weight is 465 g/mol. The lowest BCUT2D eigenvalue weighted by molar-refractivity contribution is -0.128. The number of rotatable bonds is 7. The Balaban J connectivity index is 1.25. The van der Waals surface area contributed by atoms with Crippen LogP contribution in [-0.2, 0) is 16.1 Å². The monoisotopic (exact) mass is 464 g/mol. The number of likely N-dealkylation sites (tertiary alicyclic amines) is 1. The molecule has 1 N–H and O–H groups in total. The molecule has 3 aliphatic heterocycles. The van der Waals surface area contributed by atoms with E-state index in [0.29, 0.717) is 12.5 Å². The van der Waals surface area contributed by atoms with E-state index in [1.54, 1.807) is 0 Å². The van der Waals surface area contributed by atoms with E-state index >= 15 is 0 Å². The van der Waals surface area contributed by atoms with Gasteiger partial charge in [0.25, 0.3) is 0 Å². The molecular weight excluding hydrogens is 424 g/mol. The second kappa shape index (κ2) is 11.2. The Labute approximate surface area is 204 Å². The van der Waals surface area contributed by atoms with E-state index in [-0.39, 0.29) is 17.9 Å². The van der Waals surface area contributed by atoms with Gasteiger partial charge in [-0.1, -0.05) is 36.4 Å². The summed E-state index contributed by atoms with van der Waals surface area (Å²) < 4.78 is 5.72. The number of fused-ring (bicyclic) bond motifs is 1. The van der Waals surface area contributed by atoms with Gasteiger partial charge in [-0.15, -0.1) is 0 Å². The van der Waals surface area contributed by atoms with Crippen molar-refractivity contribution < 1.29 is 9.53 Å². The normalized spacial score (nSPS) is 27.3. The fraction of sp³-hybridized carbons (Fsp3) is 0.607. The van der Waals surface area contributed by atoms with Crippen molar-refractivity contribution in [3.8, 4) is 0 Å². The van der Waals surface area contributed by atoms with Crippen molar-refractivity contribution in [2.75, 3.05) is 66.0 Å². The molecule has 2 aromatic carbocycles. The Bertz CT molecular complexity index is 952. The molecule has 0 saturated carbocycles. The van der Waals surface area contributed by atoms with E-state index in [1.165, 1.54) is 16.3 Å². The van der Waals surface area contributed by atoms with Gasteiger partial charge in [0.05, 0.1) is 12.0 Å². The maximum atomic E-state index is 13.2. The number of nitrogens with one attached hydrogen (secondary N) is 1. The molecule has 6 nitrogen and oxygen atoms in total. The highest BCUT2D eigenvalue weighted by atomic mass is 16.5. The lowest BCUT2D eigenvalue weighted by Crippen LogP contribution is -2.51. The summed E-state index contributed by atoms with van der Waals surface area (Å²) in [7, 11) is 2.21. The van der Waals surface area contributed by atoms with Gasteiger partial charge in [-0.25, -0.2) is 0 Å². The molecule has 3 fully saturated rings. The lowest BCUT2D eigenvalue weighted by atomic mass is 9.87. The van der Waals surface area contributed by atoms with Crippen LogP contribution in [0.25, 0.3) is 10.8 Å². The zero-order valence-electron chi connectivity index (χ0n) is 20.6. The predicted molar refractivity (Wildman–Crippen MR) is 137 cm³/mol. The van der Waals surface area contributed by atoms with Crippen LogP contribution >= 0.6 is 0 Å².